The number of hydrogen-bond donors (Lipinski definition) is 0. The average Bonchev–Trinajstić information content (AvgIpc) is 2.14. The number of halogens is 8. The molecule has 1 rings (SSSR count). The van der Waals surface area contributed by atoms with Gasteiger partial charge in [0.05, 0.1) is 0 Å². The molecule has 1 aromatic carbocycles. The van der Waals surface area contributed by atoms with Crippen LogP contribution in [0, 0.1) is 0 Å². The van der Waals surface area contributed by atoms with Crippen molar-refractivity contribution < 1.29 is 30.7 Å². The largest absolute Gasteiger partial charge is 0.435 e. The molecule has 0 bridgehead atoms. The first-order valence-electron chi connectivity index (χ1n) is 4.08. The summed E-state index contributed by atoms with van der Waals surface area (Å²) in [6.45, 7) is 0. The summed E-state index contributed by atoms with van der Waals surface area (Å²) in [4.78, 5) is 0. The molecule has 0 heterocycles. The van der Waals surface area contributed by atoms with Crippen molar-refractivity contribution in [1.29, 1.82) is 0 Å². The lowest BCUT2D eigenvalue weighted by atomic mass is 9.94. The minimum absolute atomic E-state index is 0.0968. The van der Waals surface area contributed by atoms with Crippen LogP contribution in [0.15, 0.2) is 24.3 Å². The van der Waals surface area contributed by atoms with Crippen LogP contribution in [0.4, 0.5) is 30.7 Å². The summed E-state index contributed by atoms with van der Waals surface area (Å²) in [6, 6.07) is 2.21. The summed E-state index contributed by atoms with van der Waals surface area (Å²) in [5, 5.41) is -0.0968. The molecule has 8 heteroatoms. The van der Waals surface area contributed by atoms with Crippen molar-refractivity contribution >= 4 is 11.6 Å². The molecule has 0 radical (unpaired) electrons. The van der Waals surface area contributed by atoms with Crippen LogP contribution < -0.4 is 0 Å². The Bertz CT molecular complexity index is 375. The lowest BCUT2D eigenvalue weighted by Crippen LogP contribution is -2.50. The summed E-state index contributed by atoms with van der Waals surface area (Å²) in [5.74, 6) is 0. The average molecular weight is 281 g/mol. The maximum absolute atomic E-state index is 13.4. The molecule has 0 nitrogen and oxygen atoms in total. The van der Waals surface area contributed by atoms with E-state index < -0.39 is 23.6 Å². The van der Waals surface area contributed by atoms with Gasteiger partial charge in [0.15, 0.2) is 0 Å². The Morgan fingerprint density at radius 1 is 0.706 bits per heavy atom. The standard InChI is InChI=1S/C9H4ClF7/c10-6-3-1-5(2-4-6)7(11,8(12,13)14)9(15,16)17/h1-4H. The zero-order valence-corrected chi connectivity index (χ0v) is 8.59. The highest BCUT2D eigenvalue weighted by molar-refractivity contribution is 6.30. The van der Waals surface area contributed by atoms with Crippen LogP contribution in [0.25, 0.3) is 0 Å². The fourth-order valence-corrected chi connectivity index (χ4v) is 1.29. The Balaban J connectivity index is 3.41. The van der Waals surface area contributed by atoms with Crippen LogP contribution in [0.3, 0.4) is 0 Å². The van der Waals surface area contributed by atoms with Gasteiger partial charge >= 0.3 is 18.0 Å². The molecule has 0 atom stereocenters. The van der Waals surface area contributed by atoms with Crippen molar-refractivity contribution in [3.63, 3.8) is 0 Å². The van der Waals surface area contributed by atoms with Crippen molar-refractivity contribution in [3.8, 4) is 0 Å². The molecule has 0 N–H and O–H groups in total. The van der Waals surface area contributed by atoms with Gasteiger partial charge in [0.25, 0.3) is 0 Å². The molecule has 1 aromatic rings. The Hall–Kier alpha value is -0.980. The number of hydrogen-bond acceptors (Lipinski definition) is 0. The summed E-state index contributed by atoms with van der Waals surface area (Å²) >= 11 is 5.31. The first kappa shape index (κ1) is 14.1. The first-order valence-corrected chi connectivity index (χ1v) is 4.46. The van der Waals surface area contributed by atoms with Crippen molar-refractivity contribution in [1.82, 2.24) is 0 Å². The van der Waals surface area contributed by atoms with E-state index in [-0.39, 0.29) is 5.02 Å². The van der Waals surface area contributed by atoms with Gasteiger partial charge in [-0.05, 0) is 12.1 Å². The minimum atomic E-state index is -6.10. The maximum Gasteiger partial charge on any atom is 0.435 e. The fraction of sp³-hybridized carbons (Fsp3) is 0.333. The van der Waals surface area contributed by atoms with Crippen molar-refractivity contribution in [2.75, 3.05) is 0 Å². The highest BCUT2D eigenvalue weighted by atomic mass is 35.5. The van der Waals surface area contributed by atoms with Gasteiger partial charge in [0.2, 0.25) is 0 Å². The van der Waals surface area contributed by atoms with Gasteiger partial charge in [0, 0.05) is 10.6 Å². The molecule has 0 saturated heterocycles. The van der Waals surface area contributed by atoms with Gasteiger partial charge in [-0.15, -0.1) is 0 Å². The van der Waals surface area contributed by atoms with Crippen LogP contribution in [0.5, 0.6) is 0 Å². The quantitative estimate of drug-likeness (QED) is 0.658. The van der Waals surface area contributed by atoms with Gasteiger partial charge in [-0.25, -0.2) is 4.39 Å². The lowest BCUT2D eigenvalue weighted by molar-refractivity contribution is -0.348. The van der Waals surface area contributed by atoms with Gasteiger partial charge in [0.1, 0.15) is 0 Å². The molecule has 0 amide bonds. The van der Waals surface area contributed by atoms with Crippen LogP contribution >= 0.6 is 11.6 Å². The zero-order valence-electron chi connectivity index (χ0n) is 7.83. The van der Waals surface area contributed by atoms with Crippen LogP contribution in [-0.2, 0) is 5.67 Å². The van der Waals surface area contributed by atoms with Crippen molar-refractivity contribution in [3.05, 3.63) is 34.9 Å². The Labute approximate surface area is 96.0 Å². The second kappa shape index (κ2) is 4.04. The predicted octanol–water partition coefficient (Wildman–Crippen LogP) is 4.63. The number of benzene rings is 1. The molecule has 96 valence electrons. The Morgan fingerprint density at radius 2 is 1.06 bits per heavy atom. The molecular weight excluding hydrogens is 277 g/mol. The monoisotopic (exact) mass is 280 g/mol. The van der Waals surface area contributed by atoms with Crippen LogP contribution in [0.2, 0.25) is 5.02 Å². The van der Waals surface area contributed by atoms with Crippen molar-refractivity contribution in [2.45, 2.75) is 18.0 Å². The third-order valence-electron chi connectivity index (χ3n) is 2.02. The SMILES string of the molecule is FC(F)(F)C(F)(c1ccc(Cl)cc1)C(F)(F)F. The molecule has 0 unspecified atom stereocenters. The highest BCUT2D eigenvalue weighted by Crippen LogP contribution is 2.53. The van der Waals surface area contributed by atoms with Gasteiger partial charge in [-0.1, -0.05) is 23.7 Å². The smallest absolute Gasteiger partial charge is 0.218 e. The molecule has 0 spiro atoms. The Kier molecular flexibility index (Phi) is 3.35. The topological polar surface area (TPSA) is 0 Å². The van der Waals surface area contributed by atoms with Gasteiger partial charge in [-0.2, -0.15) is 26.3 Å². The summed E-state index contributed by atoms with van der Waals surface area (Å²) in [6.07, 6.45) is -12.2. The fourth-order valence-electron chi connectivity index (χ4n) is 1.17. The van der Waals surface area contributed by atoms with E-state index in [2.05, 4.69) is 0 Å². The zero-order chi connectivity index (χ0) is 13.5. The van der Waals surface area contributed by atoms with E-state index in [1.54, 1.807) is 0 Å². The minimum Gasteiger partial charge on any atom is -0.218 e. The summed E-state index contributed by atoms with van der Waals surface area (Å²) in [7, 11) is 0. The Morgan fingerprint density at radius 3 is 1.35 bits per heavy atom. The lowest BCUT2D eigenvalue weighted by Gasteiger charge is -2.30. The van der Waals surface area contributed by atoms with Gasteiger partial charge in [-0.3, -0.25) is 0 Å². The molecule has 0 aliphatic heterocycles. The van der Waals surface area contributed by atoms with E-state index in [0.717, 1.165) is 12.1 Å². The van der Waals surface area contributed by atoms with E-state index in [0.29, 0.717) is 12.1 Å². The molecule has 0 saturated carbocycles. The molecule has 0 aromatic heterocycles. The van der Waals surface area contributed by atoms with E-state index in [4.69, 9.17) is 11.6 Å². The number of rotatable bonds is 1. The maximum atomic E-state index is 13.4. The summed E-state index contributed by atoms with van der Waals surface area (Å²) < 4.78 is 86.9. The van der Waals surface area contributed by atoms with E-state index in [1.165, 1.54) is 0 Å². The normalized spacial score (nSPS) is 13.9. The van der Waals surface area contributed by atoms with E-state index in [1.807, 2.05) is 0 Å². The van der Waals surface area contributed by atoms with Gasteiger partial charge < -0.3 is 0 Å². The third-order valence-corrected chi connectivity index (χ3v) is 2.28. The number of alkyl halides is 7. The molecule has 17 heavy (non-hydrogen) atoms. The highest BCUT2D eigenvalue weighted by Gasteiger charge is 2.73. The van der Waals surface area contributed by atoms with Crippen molar-refractivity contribution in [2.24, 2.45) is 0 Å². The second-order valence-electron chi connectivity index (χ2n) is 3.16. The summed E-state index contributed by atoms with van der Waals surface area (Å²) in [5.41, 5.74) is -6.95. The molecule has 0 aliphatic carbocycles. The van der Waals surface area contributed by atoms with E-state index in [9.17, 15) is 30.7 Å². The van der Waals surface area contributed by atoms with Crippen LogP contribution in [0.1, 0.15) is 5.56 Å². The molecule has 0 aliphatic rings. The third kappa shape index (κ3) is 2.34. The van der Waals surface area contributed by atoms with E-state index >= 15 is 0 Å². The molecular formula is C9H4ClF7. The molecule has 0 fully saturated rings. The first-order chi connectivity index (χ1) is 7.50. The second-order valence-corrected chi connectivity index (χ2v) is 3.60. The predicted molar refractivity (Wildman–Crippen MR) is 46.3 cm³/mol. The van der Waals surface area contributed by atoms with Crippen LogP contribution in [-0.4, -0.2) is 12.4 Å².